The van der Waals surface area contributed by atoms with Gasteiger partial charge in [0.25, 0.3) is 0 Å². The number of benzene rings is 3. The molecule has 27 heavy (non-hydrogen) atoms. The van der Waals surface area contributed by atoms with Crippen LogP contribution in [0.4, 0.5) is 5.69 Å². The van der Waals surface area contributed by atoms with E-state index in [0.717, 1.165) is 38.7 Å². The zero-order valence-corrected chi connectivity index (χ0v) is 15.0. The van der Waals surface area contributed by atoms with Crippen LogP contribution in [0.5, 0.6) is 0 Å². The predicted octanol–water partition coefficient (Wildman–Crippen LogP) is 6.10. The first-order chi connectivity index (χ1) is 13.3. The minimum absolute atomic E-state index is 0.683. The van der Waals surface area contributed by atoms with E-state index in [2.05, 4.69) is 48.0 Å². The van der Waals surface area contributed by atoms with Crippen molar-refractivity contribution >= 4 is 22.2 Å². The van der Waals surface area contributed by atoms with Crippen LogP contribution < -0.4 is 5.73 Å². The number of rotatable bonds is 4. The highest BCUT2D eigenvalue weighted by Gasteiger charge is 2.13. The summed E-state index contributed by atoms with van der Waals surface area (Å²) in [6.45, 7) is 3.86. The normalized spacial score (nSPS) is 11.5. The third-order valence-electron chi connectivity index (χ3n) is 4.70. The standard InChI is InChI=1S/C25H20N2/c1-2-9-20(18-10-5-3-6-11-18)22-14-15-23-21(19-12-7-4-8-13-19)16-17-27-25(23)24(22)26/h2-17H,1,26H2/b20-9-. The first-order valence-electron chi connectivity index (χ1n) is 8.90. The van der Waals surface area contributed by atoms with Gasteiger partial charge in [0, 0.05) is 17.1 Å². The van der Waals surface area contributed by atoms with Gasteiger partial charge in [0.05, 0.1) is 11.2 Å². The number of anilines is 1. The molecule has 0 radical (unpaired) electrons. The molecule has 3 aromatic carbocycles. The fraction of sp³-hybridized carbons (Fsp3) is 0. The van der Waals surface area contributed by atoms with Crippen LogP contribution in [-0.2, 0) is 0 Å². The molecule has 0 spiro atoms. The number of aromatic nitrogens is 1. The summed E-state index contributed by atoms with van der Waals surface area (Å²) in [5.41, 5.74) is 13.5. The molecule has 0 amide bonds. The van der Waals surface area contributed by atoms with E-state index in [9.17, 15) is 0 Å². The first-order valence-corrected chi connectivity index (χ1v) is 8.90. The van der Waals surface area contributed by atoms with E-state index in [4.69, 9.17) is 5.73 Å². The Morgan fingerprint density at radius 2 is 1.56 bits per heavy atom. The first kappa shape index (κ1) is 16.8. The molecule has 1 heterocycles. The molecular weight excluding hydrogens is 328 g/mol. The molecule has 0 aliphatic rings. The van der Waals surface area contributed by atoms with Crippen LogP contribution in [0.25, 0.3) is 27.6 Å². The van der Waals surface area contributed by atoms with Gasteiger partial charge >= 0.3 is 0 Å². The van der Waals surface area contributed by atoms with Crippen LogP contribution in [0.1, 0.15) is 11.1 Å². The summed E-state index contributed by atoms with van der Waals surface area (Å²) in [6, 6.07) is 26.7. The number of hydrogen-bond acceptors (Lipinski definition) is 2. The molecule has 2 nitrogen and oxygen atoms in total. The fourth-order valence-electron chi connectivity index (χ4n) is 3.42. The highest BCUT2D eigenvalue weighted by Crippen LogP contribution is 2.36. The van der Waals surface area contributed by atoms with E-state index in [1.807, 2.05) is 54.7 Å². The van der Waals surface area contributed by atoms with Gasteiger partial charge in [-0.25, -0.2) is 0 Å². The van der Waals surface area contributed by atoms with E-state index in [1.54, 1.807) is 6.08 Å². The summed E-state index contributed by atoms with van der Waals surface area (Å²) in [4.78, 5) is 4.59. The average molecular weight is 348 g/mol. The van der Waals surface area contributed by atoms with Crippen molar-refractivity contribution in [2.45, 2.75) is 0 Å². The lowest BCUT2D eigenvalue weighted by atomic mass is 9.93. The summed E-state index contributed by atoms with van der Waals surface area (Å²) in [6.07, 6.45) is 5.61. The molecule has 0 atom stereocenters. The van der Waals surface area contributed by atoms with Gasteiger partial charge in [-0.05, 0) is 28.3 Å². The molecule has 0 saturated carbocycles. The molecule has 2 N–H and O–H groups in total. The zero-order chi connectivity index (χ0) is 18.6. The highest BCUT2D eigenvalue weighted by molar-refractivity contribution is 6.04. The molecule has 130 valence electrons. The van der Waals surface area contributed by atoms with Crippen molar-refractivity contribution < 1.29 is 0 Å². The summed E-state index contributed by atoms with van der Waals surface area (Å²) >= 11 is 0. The molecule has 1 aromatic heterocycles. The monoisotopic (exact) mass is 348 g/mol. The molecule has 0 unspecified atom stereocenters. The van der Waals surface area contributed by atoms with E-state index in [1.165, 1.54) is 0 Å². The molecule has 0 aliphatic heterocycles. The summed E-state index contributed by atoms with van der Waals surface area (Å²) in [5.74, 6) is 0. The Balaban J connectivity index is 1.93. The predicted molar refractivity (Wildman–Crippen MR) is 115 cm³/mol. The minimum atomic E-state index is 0.683. The third-order valence-corrected chi connectivity index (χ3v) is 4.70. The van der Waals surface area contributed by atoms with Crippen molar-refractivity contribution in [3.63, 3.8) is 0 Å². The quantitative estimate of drug-likeness (QED) is 0.357. The number of nitrogens with two attached hydrogens (primary N) is 1. The largest absolute Gasteiger partial charge is 0.396 e. The second kappa shape index (κ2) is 7.30. The molecule has 0 aliphatic carbocycles. The van der Waals surface area contributed by atoms with Crippen LogP contribution in [0.15, 0.2) is 104 Å². The van der Waals surface area contributed by atoms with E-state index in [0.29, 0.717) is 5.69 Å². The number of nitrogen functional groups attached to an aromatic ring is 1. The Kier molecular flexibility index (Phi) is 4.54. The maximum atomic E-state index is 6.60. The van der Waals surface area contributed by atoms with Crippen molar-refractivity contribution in [2.24, 2.45) is 0 Å². The van der Waals surface area contributed by atoms with Gasteiger partial charge in [0.1, 0.15) is 0 Å². The zero-order valence-electron chi connectivity index (χ0n) is 15.0. The SMILES string of the molecule is C=C/C=C(/c1ccccc1)c1ccc2c(-c3ccccc3)ccnc2c1N. The molecule has 4 rings (SSSR count). The third kappa shape index (κ3) is 3.13. The number of hydrogen-bond donors (Lipinski definition) is 1. The van der Waals surface area contributed by atoms with E-state index < -0.39 is 0 Å². The Labute approximate surface area is 159 Å². The van der Waals surface area contributed by atoms with E-state index in [-0.39, 0.29) is 0 Å². The van der Waals surface area contributed by atoms with Gasteiger partial charge in [-0.3, -0.25) is 4.98 Å². The van der Waals surface area contributed by atoms with Crippen molar-refractivity contribution in [1.82, 2.24) is 4.98 Å². The van der Waals surface area contributed by atoms with Crippen molar-refractivity contribution in [3.8, 4) is 11.1 Å². The Morgan fingerprint density at radius 3 is 2.26 bits per heavy atom. The molecular formula is C25H20N2. The van der Waals surface area contributed by atoms with Crippen molar-refractivity contribution in [3.05, 3.63) is 115 Å². The van der Waals surface area contributed by atoms with Gasteiger partial charge in [0.15, 0.2) is 0 Å². The van der Waals surface area contributed by atoms with Gasteiger partial charge < -0.3 is 5.73 Å². The van der Waals surface area contributed by atoms with Gasteiger partial charge in [0.2, 0.25) is 0 Å². The van der Waals surface area contributed by atoms with Crippen LogP contribution in [0, 0.1) is 0 Å². The maximum Gasteiger partial charge on any atom is 0.0943 e. The summed E-state index contributed by atoms with van der Waals surface area (Å²) in [7, 11) is 0. The van der Waals surface area contributed by atoms with Gasteiger partial charge in [-0.15, -0.1) is 0 Å². The number of nitrogens with zero attached hydrogens (tertiary/aromatic N) is 1. The lowest BCUT2D eigenvalue weighted by Crippen LogP contribution is -1.99. The Bertz CT molecular complexity index is 1130. The topological polar surface area (TPSA) is 38.9 Å². The lowest BCUT2D eigenvalue weighted by molar-refractivity contribution is 1.40. The minimum Gasteiger partial charge on any atom is -0.396 e. The van der Waals surface area contributed by atoms with E-state index >= 15 is 0 Å². The molecule has 4 aromatic rings. The van der Waals surface area contributed by atoms with Crippen LogP contribution in [-0.4, -0.2) is 4.98 Å². The summed E-state index contributed by atoms with van der Waals surface area (Å²) < 4.78 is 0. The fourth-order valence-corrected chi connectivity index (χ4v) is 3.42. The lowest BCUT2D eigenvalue weighted by Gasteiger charge is -2.14. The van der Waals surface area contributed by atoms with Crippen LogP contribution in [0.3, 0.4) is 0 Å². The molecule has 0 fully saturated rings. The average Bonchev–Trinajstić information content (AvgIpc) is 2.74. The highest BCUT2D eigenvalue weighted by atomic mass is 14.7. The maximum absolute atomic E-state index is 6.60. The van der Waals surface area contributed by atoms with Crippen LogP contribution >= 0.6 is 0 Å². The van der Waals surface area contributed by atoms with Crippen molar-refractivity contribution in [1.29, 1.82) is 0 Å². The smallest absolute Gasteiger partial charge is 0.0943 e. The molecule has 0 saturated heterocycles. The Morgan fingerprint density at radius 1 is 0.852 bits per heavy atom. The second-order valence-corrected chi connectivity index (χ2v) is 6.33. The van der Waals surface area contributed by atoms with Crippen LogP contribution in [0.2, 0.25) is 0 Å². The second-order valence-electron chi connectivity index (χ2n) is 6.33. The summed E-state index contributed by atoms with van der Waals surface area (Å²) in [5, 5.41) is 1.05. The molecule has 2 heteroatoms. The Hall–Kier alpha value is -3.65. The van der Waals surface area contributed by atoms with Gasteiger partial charge in [-0.1, -0.05) is 91.5 Å². The number of allylic oxidation sites excluding steroid dienone is 2. The molecule has 0 bridgehead atoms. The van der Waals surface area contributed by atoms with Crippen molar-refractivity contribution in [2.75, 3.05) is 5.73 Å². The number of pyridine rings is 1. The number of fused-ring (bicyclic) bond motifs is 1. The van der Waals surface area contributed by atoms with Gasteiger partial charge in [-0.2, -0.15) is 0 Å².